The largest absolute Gasteiger partial charge is 0.484 e. The Morgan fingerprint density at radius 1 is 1.29 bits per heavy atom. The molecule has 6 rings (SSSR count). The molecule has 1 aromatic carbocycles. The van der Waals surface area contributed by atoms with Crippen molar-refractivity contribution >= 4 is 29.1 Å². The molecule has 3 aliphatic rings. The monoisotopic (exact) mass is 443 g/mol. The van der Waals surface area contributed by atoms with Gasteiger partial charge in [0.1, 0.15) is 11.6 Å². The number of carbonyl (C=O) groups excluding carboxylic acids is 2. The van der Waals surface area contributed by atoms with Gasteiger partial charge in [0.05, 0.1) is 5.02 Å². The molecule has 0 unspecified atom stereocenters. The van der Waals surface area contributed by atoms with Crippen molar-refractivity contribution in [1.29, 1.82) is 0 Å². The van der Waals surface area contributed by atoms with Crippen molar-refractivity contribution in [2.24, 2.45) is 5.92 Å². The number of halogens is 2. The maximum Gasteiger partial charge on any atom is 0.272 e. The quantitative estimate of drug-likeness (QED) is 0.609. The lowest BCUT2D eigenvalue weighted by atomic mass is 9.76. The third-order valence-electron chi connectivity index (χ3n) is 5.94. The second-order valence-corrected chi connectivity index (χ2v) is 8.50. The van der Waals surface area contributed by atoms with E-state index in [1.54, 1.807) is 29.0 Å². The molecule has 160 valence electrons. The van der Waals surface area contributed by atoms with E-state index < -0.39 is 5.82 Å². The van der Waals surface area contributed by atoms with Gasteiger partial charge in [-0.1, -0.05) is 11.6 Å². The number of carbonyl (C=O) groups is 2. The van der Waals surface area contributed by atoms with Crippen molar-refractivity contribution < 1.29 is 18.7 Å². The molecular weight excluding hydrogens is 425 g/mol. The Hall–Kier alpha value is -3.20. The number of ether oxygens (including phenoxy) is 1. The van der Waals surface area contributed by atoms with Gasteiger partial charge in [-0.3, -0.25) is 9.59 Å². The van der Waals surface area contributed by atoms with Crippen LogP contribution in [0.4, 0.5) is 4.39 Å². The fourth-order valence-corrected chi connectivity index (χ4v) is 4.65. The average molecular weight is 444 g/mol. The number of hydrogen-bond acceptors (Lipinski definition) is 5. The van der Waals surface area contributed by atoms with E-state index in [1.165, 1.54) is 12.1 Å². The van der Waals surface area contributed by atoms with Gasteiger partial charge in [-0.25, -0.2) is 13.9 Å². The molecule has 3 fully saturated rings. The number of benzene rings is 1. The van der Waals surface area contributed by atoms with Crippen LogP contribution in [0.5, 0.6) is 5.75 Å². The molecule has 8 nitrogen and oxygen atoms in total. The van der Waals surface area contributed by atoms with Gasteiger partial charge in [-0.05, 0) is 43.4 Å². The number of nitrogens with one attached hydrogen (secondary N) is 2. The average Bonchev–Trinajstić information content (AvgIpc) is 3.39. The molecule has 0 spiro atoms. The summed E-state index contributed by atoms with van der Waals surface area (Å²) in [6.45, 7) is -0.223. The highest BCUT2D eigenvalue weighted by Gasteiger charge is 2.57. The summed E-state index contributed by atoms with van der Waals surface area (Å²) in [7, 11) is 0. The van der Waals surface area contributed by atoms with Crippen molar-refractivity contribution in [3.63, 3.8) is 0 Å². The van der Waals surface area contributed by atoms with Gasteiger partial charge in [0.2, 0.25) is 0 Å². The normalized spacial score (nSPS) is 23.9. The minimum absolute atomic E-state index is 0.00449. The van der Waals surface area contributed by atoms with E-state index in [4.69, 9.17) is 16.3 Å². The zero-order chi connectivity index (χ0) is 21.6. The maximum atomic E-state index is 13.5. The van der Waals surface area contributed by atoms with Gasteiger partial charge in [0, 0.05) is 36.1 Å². The summed E-state index contributed by atoms with van der Waals surface area (Å²) in [5, 5.41) is 10.3. The van der Waals surface area contributed by atoms with Gasteiger partial charge in [0.15, 0.2) is 17.9 Å². The number of aromatic nitrogens is 3. The van der Waals surface area contributed by atoms with E-state index in [-0.39, 0.29) is 40.8 Å². The van der Waals surface area contributed by atoms with Crippen LogP contribution in [0.1, 0.15) is 29.8 Å². The van der Waals surface area contributed by atoms with E-state index in [0.29, 0.717) is 23.7 Å². The second-order valence-electron chi connectivity index (χ2n) is 8.10. The molecule has 3 saturated carbocycles. The third-order valence-corrected chi connectivity index (χ3v) is 6.24. The fraction of sp³-hybridized carbons (Fsp3) is 0.333. The van der Waals surface area contributed by atoms with Crippen LogP contribution in [0.15, 0.2) is 42.7 Å². The van der Waals surface area contributed by atoms with Gasteiger partial charge >= 0.3 is 0 Å². The molecule has 2 heterocycles. The highest BCUT2D eigenvalue weighted by molar-refractivity contribution is 6.30. The first-order chi connectivity index (χ1) is 14.9. The van der Waals surface area contributed by atoms with E-state index in [2.05, 4.69) is 20.7 Å². The lowest BCUT2D eigenvalue weighted by Crippen LogP contribution is -2.53. The number of fused-ring (bicyclic) bond motifs is 2. The number of amides is 2. The van der Waals surface area contributed by atoms with Crippen LogP contribution < -0.4 is 15.4 Å². The van der Waals surface area contributed by atoms with Crippen molar-refractivity contribution in [1.82, 2.24) is 25.2 Å². The minimum atomic E-state index is -0.601. The zero-order valence-electron chi connectivity index (χ0n) is 16.3. The van der Waals surface area contributed by atoms with E-state index in [9.17, 15) is 14.0 Å². The summed E-state index contributed by atoms with van der Waals surface area (Å²) in [6, 6.07) is 7.38. The van der Waals surface area contributed by atoms with Crippen molar-refractivity contribution in [2.75, 3.05) is 6.61 Å². The molecule has 0 radical (unpaired) electrons. The van der Waals surface area contributed by atoms with Crippen molar-refractivity contribution in [2.45, 2.75) is 30.8 Å². The Bertz CT molecular complexity index is 1140. The molecule has 10 heteroatoms. The van der Waals surface area contributed by atoms with E-state index in [0.717, 1.165) is 18.9 Å². The first-order valence-corrected chi connectivity index (χ1v) is 10.3. The lowest BCUT2D eigenvalue weighted by molar-refractivity contribution is -0.125. The number of nitrogens with zero attached hydrogens (tertiary/aromatic N) is 3. The van der Waals surface area contributed by atoms with Crippen LogP contribution in [0, 0.1) is 11.7 Å². The van der Waals surface area contributed by atoms with Crippen molar-refractivity contribution in [3.8, 4) is 5.75 Å². The predicted octanol–water partition coefficient (Wildman–Crippen LogP) is 2.37. The smallest absolute Gasteiger partial charge is 0.272 e. The summed E-state index contributed by atoms with van der Waals surface area (Å²) in [4.78, 5) is 29.1. The lowest BCUT2D eigenvalue weighted by Gasteiger charge is -2.39. The summed E-state index contributed by atoms with van der Waals surface area (Å²) in [5.41, 5.74) is 0.576. The van der Waals surface area contributed by atoms with Crippen molar-refractivity contribution in [3.05, 3.63) is 59.3 Å². The highest BCUT2D eigenvalue weighted by atomic mass is 35.5. The highest BCUT2D eigenvalue weighted by Crippen LogP contribution is 2.52. The molecule has 1 atom stereocenters. The SMILES string of the molecule is O=C(COc1ccc(Cl)c(F)c1)NC12CC(C1)[C@H](NC(=O)c1cc3ncccn3n1)C2. The Morgan fingerprint density at radius 3 is 2.90 bits per heavy atom. The topological polar surface area (TPSA) is 97.6 Å². The molecule has 3 aliphatic carbocycles. The summed E-state index contributed by atoms with van der Waals surface area (Å²) in [5.74, 6) is -0.592. The van der Waals surface area contributed by atoms with Gasteiger partial charge in [-0.2, -0.15) is 5.10 Å². The standard InChI is InChI=1S/C21H19ClFN5O3/c22-14-3-2-13(6-15(14)23)31-11-19(29)26-21-8-12(9-21)17(10-21)25-20(30)16-7-18-24-4-1-5-28(18)27-16/h1-7,12,17H,8-11H2,(H,25,30)(H,26,29)/t12?,17-,21?/m1/s1. The van der Waals surface area contributed by atoms with Crippen LogP contribution in [-0.2, 0) is 4.79 Å². The molecule has 31 heavy (non-hydrogen) atoms. The number of rotatable bonds is 6. The Labute approximate surface area is 181 Å². The second kappa shape index (κ2) is 7.49. The van der Waals surface area contributed by atoms with Crippen LogP contribution in [0.2, 0.25) is 5.02 Å². The predicted molar refractivity (Wildman–Crippen MR) is 109 cm³/mol. The minimum Gasteiger partial charge on any atom is -0.484 e. The molecular formula is C21H19ClFN5O3. The van der Waals surface area contributed by atoms with Gasteiger partial charge in [-0.15, -0.1) is 0 Å². The molecule has 3 aromatic rings. The number of hydrogen-bond donors (Lipinski definition) is 2. The van der Waals surface area contributed by atoms with E-state index >= 15 is 0 Å². The van der Waals surface area contributed by atoms with Gasteiger partial charge in [0.25, 0.3) is 11.8 Å². The first-order valence-electron chi connectivity index (χ1n) is 9.91. The Morgan fingerprint density at radius 2 is 2.13 bits per heavy atom. The fourth-order valence-electron chi connectivity index (χ4n) is 4.54. The molecule has 2 N–H and O–H groups in total. The zero-order valence-corrected chi connectivity index (χ0v) is 17.1. The molecule has 0 aliphatic heterocycles. The molecule has 2 aromatic heterocycles. The molecule has 0 saturated heterocycles. The summed E-state index contributed by atoms with van der Waals surface area (Å²) >= 11 is 5.64. The van der Waals surface area contributed by atoms with E-state index in [1.807, 2.05) is 0 Å². The molecule has 2 amide bonds. The third kappa shape index (κ3) is 3.81. The van der Waals surface area contributed by atoms with Crippen LogP contribution in [-0.4, -0.2) is 44.6 Å². The summed E-state index contributed by atoms with van der Waals surface area (Å²) in [6.07, 6.45) is 5.62. The Balaban J connectivity index is 1.14. The van der Waals surface area contributed by atoms with Crippen LogP contribution >= 0.6 is 11.6 Å². The van der Waals surface area contributed by atoms with Crippen LogP contribution in [0.25, 0.3) is 5.65 Å². The summed E-state index contributed by atoms with van der Waals surface area (Å²) < 4.78 is 20.4. The van der Waals surface area contributed by atoms with Crippen LogP contribution in [0.3, 0.4) is 0 Å². The first kappa shape index (κ1) is 19.7. The Kier molecular flexibility index (Phi) is 4.77. The maximum absolute atomic E-state index is 13.5. The molecule has 2 bridgehead atoms. The van der Waals surface area contributed by atoms with Gasteiger partial charge < -0.3 is 15.4 Å².